The van der Waals surface area contributed by atoms with Crippen molar-refractivity contribution in [2.45, 2.75) is 75.9 Å². The quantitative estimate of drug-likeness (QED) is 0.754. The molecular formula is C16H26N2O4S. The number of sulfonamides is 1. The van der Waals surface area contributed by atoms with Crippen LogP contribution in [-0.2, 0) is 14.8 Å². The molecule has 23 heavy (non-hydrogen) atoms. The summed E-state index contributed by atoms with van der Waals surface area (Å²) in [6.07, 6.45) is 4.59. The molecule has 1 heterocycles. The molecular weight excluding hydrogens is 316 g/mol. The molecule has 6 atom stereocenters. The molecule has 4 aliphatic rings. The maximum atomic E-state index is 12.4. The fraction of sp³-hybridized carbons (Fsp3) is 0.938. The average molecular weight is 342 g/mol. The number of ether oxygens (including phenoxy) is 1. The van der Waals surface area contributed by atoms with E-state index in [1.54, 1.807) is 0 Å². The molecule has 4 fully saturated rings. The van der Waals surface area contributed by atoms with Crippen LogP contribution in [0.25, 0.3) is 0 Å². The summed E-state index contributed by atoms with van der Waals surface area (Å²) in [7, 11) is -3.42. The SMILES string of the molecule is CC1(C)C2CCC1C(N=C1NS(=O)(=O)C3CCCCC3O1)C2O. The highest BCUT2D eigenvalue weighted by atomic mass is 32.2. The molecule has 6 nitrogen and oxygen atoms in total. The third kappa shape index (κ3) is 2.30. The topological polar surface area (TPSA) is 88.0 Å². The molecule has 3 aliphatic carbocycles. The van der Waals surface area contributed by atoms with Gasteiger partial charge < -0.3 is 9.84 Å². The normalized spacial score (nSPS) is 48.6. The van der Waals surface area contributed by atoms with Crippen molar-refractivity contribution in [2.24, 2.45) is 22.2 Å². The number of aliphatic hydroxyl groups is 1. The average Bonchev–Trinajstić information content (AvgIpc) is 2.86. The molecule has 6 unspecified atom stereocenters. The molecule has 1 aliphatic heterocycles. The van der Waals surface area contributed by atoms with Gasteiger partial charge in [0.15, 0.2) is 0 Å². The summed E-state index contributed by atoms with van der Waals surface area (Å²) < 4.78 is 33.2. The monoisotopic (exact) mass is 342 g/mol. The van der Waals surface area contributed by atoms with Crippen molar-refractivity contribution in [3.8, 4) is 0 Å². The van der Waals surface area contributed by atoms with Crippen LogP contribution < -0.4 is 4.72 Å². The molecule has 2 bridgehead atoms. The highest BCUT2D eigenvalue weighted by Crippen LogP contribution is 2.58. The Hall–Kier alpha value is -0.820. The molecule has 2 N–H and O–H groups in total. The van der Waals surface area contributed by atoms with Crippen LogP contribution in [0.4, 0.5) is 0 Å². The van der Waals surface area contributed by atoms with Crippen molar-refractivity contribution < 1.29 is 18.3 Å². The molecule has 1 saturated heterocycles. The van der Waals surface area contributed by atoms with Crippen molar-refractivity contribution >= 4 is 16.0 Å². The van der Waals surface area contributed by atoms with E-state index in [1.807, 2.05) is 0 Å². The molecule has 0 amide bonds. The zero-order valence-corrected chi connectivity index (χ0v) is 14.6. The lowest BCUT2D eigenvalue weighted by Crippen LogP contribution is -2.54. The summed E-state index contributed by atoms with van der Waals surface area (Å²) in [5.41, 5.74) is 0.0507. The van der Waals surface area contributed by atoms with Gasteiger partial charge in [0.05, 0.1) is 12.1 Å². The Labute approximate surface area is 137 Å². The van der Waals surface area contributed by atoms with Gasteiger partial charge in [-0.25, -0.2) is 18.1 Å². The van der Waals surface area contributed by atoms with E-state index in [1.165, 1.54) is 0 Å². The second-order valence-corrected chi connectivity index (χ2v) is 10.1. The van der Waals surface area contributed by atoms with Gasteiger partial charge in [0, 0.05) is 0 Å². The van der Waals surface area contributed by atoms with Gasteiger partial charge in [0.25, 0.3) is 6.02 Å². The van der Waals surface area contributed by atoms with Gasteiger partial charge in [-0.2, -0.15) is 0 Å². The van der Waals surface area contributed by atoms with Gasteiger partial charge in [-0.05, 0) is 49.4 Å². The van der Waals surface area contributed by atoms with Gasteiger partial charge in [-0.1, -0.05) is 20.3 Å². The van der Waals surface area contributed by atoms with Crippen molar-refractivity contribution in [2.75, 3.05) is 0 Å². The molecule has 0 aromatic carbocycles. The Morgan fingerprint density at radius 1 is 1.17 bits per heavy atom. The molecule has 4 rings (SSSR count). The predicted octanol–water partition coefficient (Wildman–Crippen LogP) is 1.40. The van der Waals surface area contributed by atoms with Crippen molar-refractivity contribution in [3.63, 3.8) is 0 Å². The first-order valence-corrected chi connectivity index (χ1v) is 10.3. The minimum atomic E-state index is -3.42. The van der Waals surface area contributed by atoms with Crippen LogP contribution in [0.15, 0.2) is 4.99 Å². The largest absolute Gasteiger partial charge is 0.460 e. The van der Waals surface area contributed by atoms with Crippen LogP contribution in [0.1, 0.15) is 52.4 Å². The fourth-order valence-electron chi connectivity index (χ4n) is 5.35. The Morgan fingerprint density at radius 2 is 1.87 bits per heavy atom. The summed E-state index contributed by atoms with van der Waals surface area (Å²) in [6, 6.07) is -0.165. The second-order valence-electron chi connectivity index (χ2n) is 8.15. The smallest absolute Gasteiger partial charge is 0.299 e. The maximum Gasteiger partial charge on any atom is 0.299 e. The number of rotatable bonds is 1. The minimum absolute atomic E-state index is 0.0507. The predicted molar refractivity (Wildman–Crippen MR) is 86.4 cm³/mol. The number of aliphatic imine (C=N–C) groups is 1. The van der Waals surface area contributed by atoms with Gasteiger partial charge in [0.1, 0.15) is 11.4 Å². The van der Waals surface area contributed by atoms with E-state index in [0.29, 0.717) is 6.42 Å². The standard InChI is InChI=1S/C16H26N2O4S/c1-16(2)9-7-8-10(16)14(19)13(9)17-15-18-23(20,21)12-6-4-3-5-11(12)22-15/h9-14,19H,3-8H2,1-2H3,(H,17,18). The van der Waals surface area contributed by atoms with Crippen LogP contribution in [0.3, 0.4) is 0 Å². The Kier molecular flexibility index (Phi) is 3.47. The minimum Gasteiger partial charge on any atom is -0.460 e. The summed E-state index contributed by atoms with van der Waals surface area (Å²) in [6.45, 7) is 4.36. The van der Waals surface area contributed by atoms with Crippen LogP contribution >= 0.6 is 0 Å². The molecule has 0 aromatic rings. The van der Waals surface area contributed by atoms with E-state index >= 15 is 0 Å². The Bertz CT molecular complexity index is 630. The van der Waals surface area contributed by atoms with E-state index in [0.717, 1.165) is 32.1 Å². The third-order valence-corrected chi connectivity index (χ3v) is 8.47. The summed E-state index contributed by atoms with van der Waals surface area (Å²) in [5, 5.41) is 10.1. The molecule has 0 radical (unpaired) electrons. The number of amidine groups is 1. The Morgan fingerprint density at radius 3 is 2.57 bits per heavy atom. The first-order chi connectivity index (χ1) is 10.8. The maximum absolute atomic E-state index is 12.4. The van der Waals surface area contributed by atoms with Gasteiger partial charge in [-0.3, -0.25) is 0 Å². The molecule has 3 saturated carbocycles. The summed E-state index contributed by atoms with van der Waals surface area (Å²) >= 11 is 0. The third-order valence-electron chi connectivity index (χ3n) is 6.67. The van der Waals surface area contributed by atoms with Crippen molar-refractivity contribution in [1.82, 2.24) is 4.72 Å². The zero-order chi connectivity index (χ0) is 16.4. The Balaban J connectivity index is 1.60. The second kappa shape index (κ2) is 5.09. The van der Waals surface area contributed by atoms with E-state index in [9.17, 15) is 13.5 Å². The fourth-order valence-corrected chi connectivity index (χ4v) is 6.92. The van der Waals surface area contributed by atoms with Gasteiger partial charge in [0.2, 0.25) is 10.0 Å². The number of aliphatic hydroxyl groups excluding tert-OH is 1. The van der Waals surface area contributed by atoms with E-state index in [-0.39, 0.29) is 35.4 Å². The lowest BCUT2D eigenvalue weighted by Gasteiger charge is -2.36. The van der Waals surface area contributed by atoms with Crippen LogP contribution in [0.5, 0.6) is 0 Å². The lowest BCUT2D eigenvalue weighted by atomic mass is 9.81. The number of hydrogen-bond donors (Lipinski definition) is 2. The van der Waals surface area contributed by atoms with E-state index < -0.39 is 21.4 Å². The molecule has 0 aromatic heterocycles. The van der Waals surface area contributed by atoms with Crippen LogP contribution in [0, 0.1) is 17.3 Å². The first-order valence-electron chi connectivity index (χ1n) is 8.75. The first kappa shape index (κ1) is 15.7. The molecule has 7 heteroatoms. The highest BCUT2D eigenvalue weighted by Gasteiger charge is 2.59. The zero-order valence-electron chi connectivity index (χ0n) is 13.7. The number of nitrogens with one attached hydrogen (secondary N) is 1. The molecule has 0 spiro atoms. The van der Waals surface area contributed by atoms with E-state index in [2.05, 4.69) is 23.6 Å². The number of nitrogens with zero attached hydrogens (tertiary/aromatic N) is 1. The number of hydrogen-bond acceptors (Lipinski definition) is 5. The van der Waals surface area contributed by atoms with Crippen molar-refractivity contribution in [1.29, 1.82) is 0 Å². The lowest BCUT2D eigenvalue weighted by molar-refractivity contribution is 0.0797. The van der Waals surface area contributed by atoms with Crippen LogP contribution in [-0.4, -0.2) is 43.0 Å². The summed E-state index contributed by atoms with van der Waals surface area (Å²) in [5.74, 6) is 0.525. The highest BCUT2D eigenvalue weighted by molar-refractivity contribution is 7.90. The van der Waals surface area contributed by atoms with Crippen LogP contribution in [0.2, 0.25) is 0 Å². The van der Waals surface area contributed by atoms with Gasteiger partial charge >= 0.3 is 0 Å². The summed E-state index contributed by atoms with van der Waals surface area (Å²) in [4.78, 5) is 4.54. The molecule has 130 valence electrons. The number of fused-ring (bicyclic) bond motifs is 3. The van der Waals surface area contributed by atoms with E-state index in [4.69, 9.17) is 4.74 Å². The van der Waals surface area contributed by atoms with Crippen molar-refractivity contribution in [3.05, 3.63) is 0 Å². The van der Waals surface area contributed by atoms with Gasteiger partial charge in [-0.15, -0.1) is 0 Å².